The molecule has 2 heterocycles. The molecule has 302 valence electrons. The topological polar surface area (TPSA) is 161 Å². The van der Waals surface area contributed by atoms with Gasteiger partial charge in [0.05, 0.1) is 44.4 Å². The Kier molecular flexibility index (Phi) is 14.9. The van der Waals surface area contributed by atoms with E-state index in [2.05, 4.69) is 30.7 Å². The lowest BCUT2D eigenvalue weighted by Crippen LogP contribution is -2.62. The van der Waals surface area contributed by atoms with Gasteiger partial charge in [0.1, 0.15) is 30.9 Å². The van der Waals surface area contributed by atoms with Gasteiger partial charge in [-0.25, -0.2) is 13.9 Å². The molecule has 0 saturated carbocycles. The van der Waals surface area contributed by atoms with Crippen LogP contribution in [0.5, 0.6) is 5.75 Å². The third kappa shape index (κ3) is 11.6. The van der Waals surface area contributed by atoms with E-state index in [1.807, 2.05) is 65.0 Å². The molecule has 2 saturated heterocycles. The second-order valence-corrected chi connectivity index (χ2v) is 17.8. The third-order valence-corrected chi connectivity index (χ3v) is 12.3. The number of quaternary nitrogens is 2. The predicted octanol–water partition coefficient (Wildman–Crippen LogP) is 5.33. The number of hydrogen-bond donors (Lipinski definition) is 4. The summed E-state index contributed by atoms with van der Waals surface area (Å²) >= 11 is 0. The minimum Gasteiger partial charge on any atom is -0.466 e. The smallest absolute Gasteiger partial charge is 0.466 e. The Labute approximate surface area is 321 Å². The lowest BCUT2D eigenvalue weighted by Gasteiger charge is -2.49. The van der Waals surface area contributed by atoms with E-state index in [4.69, 9.17) is 14.2 Å². The number of phosphoric ester groups is 1. The maximum absolute atomic E-state index is 13.8. The van der Waals surface area contributed by atoms with E-state index in [1.54, 1.807) is 18.2 Å². The number of benzene rings is 2. The molecule has 0 amide bonds. The van der Waals surface area contributed by atoms with Gasteiger partial charge >= 0.3 is 19.8 Å². The molecular formula is C40H64N3O10P+2. The first-order chi connectivity index (χ1) is 25.3. The maximum atomic E-state index is 13.8. The summed E-state index contributed by atoms with van der Waals surface area (Å²) in [7, 11) is -2.44. The number of piperidine rings is 1. The second kappa shape index (κ2) is 18.4. The van der Waals surface area contributed by atoms with Gasteiger partial charge < -0.3 is 43.4 Å². The molecule has 4 unspecified atom stereocenters. The van der Waals surface area contributed by atoms with Crippen molar-refractivity contribution in [1.29, 1.82) is 0 Å². The van der Waals surface area contributed by atoms with Gasteiger partial charge in [-0.1, -0.05) is 36.4 Å². The molecule has 4 rings (SSSR count). The van der Waals surface area contributed by atoms with Crippen molar-refractivity contribution >= 4 is 19.8 Å². The highest BCUT2D eigenvalue weighted by Gasteiger charge is 2.54. The summed E-state index contributed by atoms with van der Waals surface area (Å²) in [6.07, 6.45) is 2.90. The molecule has 2 bridgehead atoms. The van der Waals surface area contributed by atoms with Gasteiger partial charge in [-0.05, 0) is 71.7 Å². The van der Waals surface area contributed by atoms with E-state index in [0.29, 0.717) is 54.6 Å². The first kappa shape index (κ1) is 43.9. The fourth-order valence-electron chi connectivity index (χ4n) is 8.14. The average molecular weight is 778 g/mol. The number of carbonyl (C=O) groups is 2. The number of aliphatic hydroxyl groups excluding tert-OH is 1. The van der Waals surface area contributed by atoms with Crippen molar-refractivity contribution in [1.82, 2.24) is 5.32 Å². The number of phosphoric acid groups is 1. The van der Waals surface area contributed by atoms with Crippen LogP contribution >= 0.6 is 7.82 Å². The summed E-state index contributed by atoms with van der Waals surface area (Å²) in [5.74, 6) is -1.34. The van der Waals surface area contributed by atoms with Crippen molar-refractivity contribution in [2.75, 3.05) is 46.6 Å². The lowest BCUT2D eigenvalue weighted by molar-refractivity contribution is -0.968. The third-order valence-electron chi connectivity index (χ3n) is 11.8. The van der Waals surface area contributed by atoms with Crippen LogP contribution in [-0.2, 0) is 34.7 Å². The lowest BCUT2D eigenvalue weighted by atomic mass is 9.94. The highest BCUT2D eigenvalue weighted by atomic mass is 31.2. The summed E-state index contributed by atoms with van der Waals surface area (Å²) in [5, 5.41) is 14.3. The molecule has 13 nitrogen and oxygen atoms in total. The Morgan fingerprint density at radius 2 is 1.63 bits per heavy atom. The van der Waals surface area contributed by atoms with Crippen LogP contribution in [0.1, 0.15) is 103 Å². The number of nitrogens with zero attached hydrogens (tertiary/aromatic N) is 2. The Morgan fingerprint density at radius 1 is 1.00 bits per heavy atom. The number of β-amino-alcohol motifs (C(OH)–C–C–N with tert-alkyl or cyclic N) is 1. The summed E-state index contributed by atoms with van der Waals surface area (Å²) in [5.41, 5.74) is 1.73. The van der Waals surface area contributed by atoms with Crippen LogP contribution in [0.2, 0.25) is 0 Å². The molecule has 2 aromatic rings. The predicted molar refractivity (Wildman–Crippen MR) is 205 cm³/mol. The number of rotatable bonds is 19. The van der Waals surface area contributed by atoms with E-state index < -0.39 is 32.6 Å². The van der Waals surface area contributed by atoms with Crippen LogP contribution in [-0.4, -0.2) is 112 Å². The summed E-state index contributed by atoms with van der Waals surface area (Å²) in [4.78, 5) is 45.9. The van der Waals surface area contributed by atoms with Crippen LogP contribution in [0, 0.1) is 0 Å². The number of carbonyl (C=O) groups excluding carboxylic acids is 2. The molecule has 4 atom stereocenters. The quantitative estimate of drug-likeness (QED) is 0.0632. The van der Waals surface area contributed by atoms with Crippen LogP contribution in [0.15, 0.2) is 48.5 Å². The Morgan fingerprint density at radius 3 is 2.19 bits per heavy atom. The number of aliphatic hydroxyl groups is 1. The SMILES string of the molecule is CC[N+](CC)(CC(=O)OCC(C(=O)OC1CC2CCC(C1)[N+]2(C)C(C)C)c1ccccc1)Cc1cc(C(O)CNC(C)(C)C)ccc1OCOP(=O)(O)O. The van der Waals surface area contributed by atoms with Gasteiger partial charge in [0.2, 0.25) is 0 Å². The monoisotopic (exact) mass is 777 g/mol. The van der Waals surface area contributed by atoms with Gasteiger partial charge in [0, 0.05) is 43.3 Å². The van der Waals surface area contributed by atoms with Crippen molar-refractivity contribution < 1.29 is 56.7 Å². The Bertz CT molecular complexity index is 1580. The zero-order chi connectivity index (χ0) is 39.9. The minimum absolute atomic E-state index is 0.0158. The van der Waals surface area contributed by atoms with E-state index in [0.717, 1.165) is 35.7 Å². The standard InChI is InChI=1S/C40H62N3O10P/c1-9-43(10-2,24-31-20-30(36(44)23-41-40(5,6)7)16-19-37(31)51-27-52-54(47,48)49)25-38(45)50-26-35(29-14-12-11-13-15-29)39(46)53-34-21-32-17-18-33(22-34)42(32,8)28(3)4/h11-16,19-20,28,32-36,41,44H,9-10,17-18,21-27H2,1-8H3/p+2. The van der Waals surface area contributed by atoms with Crippen LogP contribution in [0.25, 0.3) is 0 Å². The molecule has 2 aromatic carbocycles. The number of fused-ring (bicyclic) bond motifs is 2. The van der Waals surface area contributed by atoms with E-state index >= 15 is 0 Å². The maximum Gasteiger partial charge on any atom is 0.472 e. The molecule has 2 aliphatic heterocycles. The molecule has 0 spiro atoms. The van der Waals surface area contributed by atoms with E-state index in [-0.39, 0.29) is 41.8 Å². The molecule has 0 aromatic heterocycles. The van der Waals surface area contributed by atoms with Gasteiger partial charge in [0.15, 0.2) is 13.3 Å². The van der Waals surface area contributed by atoms with Crippen molar-refractivity contribution in [3.05, 3.63) is 65.2 Å². The zero-order valence-electron chi connectivity index (χ0n) is 33.4. The number of ether oxygens (including phenoxy) is 3. The minimum atomic E-state index is -4.78. The first-order valence-corrected chi connectivity index (χ1v) is 20.8. The highest BCUT2D eigenvalue weighted by Crippen LogP contribution is 2.44. The highest BCUT2D eigenvalue weighted by molar-refractivity contribution is 7.46. The second-order valence-electron chi connectivity index (χ2n) is 16.6. The van der Waals surface area contributed by atoms with Gasteiger partial charge in [-0.15, -0.1) is 0 Å². The fourth-order valence-corrected chi connectivity index (χ4v) is 8.33. The average Bonchev–Trinajstić information content (AvgIpc) is 3.26. The van der Waals surface area contributed by atoms with Crippen molar-refractivity contribution in [3.63, 3.8) is 0 Å². The molecule has 4 N–H and O–H groups in total. The molecular weight excluding hydrogens is 713 g/mol. The van der Waals surface area contributed by atoms with E-state index in [1.165, 1.54) is 0 Å². The molecule has 0 radical (unpaired) electrons. The largest absolute Gasteiger partial charge is 0.472 e. The molecule has 2 aliphatic rings. The fraction of sp³-hybridized carbons (Fsp3) is 0.650. The normalized spacial score (nSPS) is 22.9. The Hall–Kier alpha value is -2.87. The molecule has 0 aliphatic carbocycles. The summed E-state index contributed by atoms with van der Waals surface area (Å²) in [6, 6.07) is 15.8. The van der Waals surface area contributed by atoms with Crippen LogP contribution in [0.3, 0.4) is 0 Å². The van der Waals surface area contributed by atoms with Crippen molar-refractivity contribution in [2.24, 2.45) is 0 Å². The van der Waals surface area contributed by atoms with Gasteiger partial charge in [-0.2, -0.15) is 0 Å². The Balaban J connectivity index is 1.49. The number of hydrogen-bond acceptors (Lipinski definition) is 9. The van der Waals surface area contributed by atoms with E-state index in [9.17, 15) is 29.0 Å². The van der Waals surface area contributed by atoms with Crippen LogP contribution < -0.4 is 10.1 Å². The summed E-state index contributed by atoms with van der Waals surface area (Å²) < 4.78 is 34.9. The molecule has 14 heteroatoms. The number of nitrogens with one attached hydrogen (secondary N) is 1. The van der Waals surface area contributed by atoms with Crippen molar-refractivity contribution in [3.8, 4) is 5.75 Å². The number of likely N-dealkylation sites (N-methyl/N-ethyl adjacent to an activating group) is 1. The number of esters is 2. The first-order valence-electron chi connectivity index (χ1n) is 19.3. The van der Waals surface area contributed by atoms with Crippen molar-refractivity contribution in [2.45, 2.75) is 122 Å². The van der Waals surface area contributed by atoms with Gasteiger partial charge in [0.25, 0.3) is 0 Å². The summed E-state index contributed by atoms with van der Waals surface area (Å²) in [6.45, 7) is 15.2. The zero-order valence-corrected chi connectivity index (χ0v) is 34.3. The van der Waals surface area contributed by atoms with Gasteiger partial charge in [-0.3, -0.25) is 4.79 Å². The van der Waals surface area contributed by atoms with Crippen LogP contribution in [0.4, 0.5) is 0 Å². The molecule has 2 fully saturated rings. The molecule has 54 heavy (non-hydrogen) atoms.